The molecule has 2 heterocycles. The van der Waals surface area contributed by atoms with Crippen LogP contribution < -0.4 is 14.8 Å². The Labute approximate surface area is 156 Å². The van der Waals surface area contributed by atoms with Crippen LogP contribution in [0.5, 0.6) is 11.5 Å². The normalized spacial score (nSPS) is 16.0. The summed E-state index contributed by atoms with van der Waals surface area (Å²) in [7, 11) is 0. The number of nitrogens with one attached hydrogen (secondary N) is 1. The number of benzene rings is 1. The standard InChI is InChI=1S/C17H17F3INO3/c18-17(19,20)16-4-2-13(25-16)10-23-14-3-1-11(21)9-15(14)24-12-5-7-22-8-6-12/h1-4,9,12,22H,5-8,10H2. The Kier molecular flexibility index (Phi) is 5.78. The highest BCUT2D eigenvalue weighted by Gasteiger charge is 2.34. The van der Waals surface area contributed by atoms with Crippen molar-refractivity contribution in [3.05, 3.63) is 45.4 Å². The molecule has 3 rings (SSSR count). The maximum Gasteiger partial charge on any atom is 0.449 e. The number of hydrogen-bond acceptors (Lipinski definition) is 4. The third-order valence-corrected chi connectivity index (χ3v) is 4.47. The molecule has 2 aromatic rings. The third-order valence-electron chi connectivity index (χ3n) is 3.80. The van der Waals surface area contributed by atoms with Crippen molar-refractivity contribution in [2.24, 2.45) is 0 Å². The fourth-order valence-electron chi connectivity index (χ4n) is 2.54. The predicted molar refractivity (Wildman–Crippen MR) is 93.7 cm³/mol. The molecule has 1 saturated heterocycles. The molecule has 0 atom stereocenters. The lowest BCUT2D eigenvalue weighted by atomic mass is 10.1. The van der Waals surface area contributed by atoms with E-state index < -0.39 is 11.9 Å². The van der Waals surface area contributed by atoms with Gasteiger partial charge in [-0.3, -0.25) is 0 Å². The zero-order valence-electron chi connectivity index (χ0n) is 13.2. The molecule has 0 amide bonds. The van der Waals surface area contributed by atoms with Gasteiger partial charge in [-0.25, -0.2) is 0 Å². The Hall–Kier alpha value is -1.42. The second-order valence-electron chi connectivity index (χ2n) is 5.71. The first-order valence-electron chi connectivity index (χ1n) is 7.87. The Bertz CT molecular complexity index is 711. The van der Waals surface area contributed by atoms with Crippen LogP contribution in [-0.4, -0.2) is 19.2 Å². The van der Waals surface area contributed by atoms with Crippen molar-refractivity contribution in [3.8, 4) is 11.5 Å². The van der Waals surface area contributed by atoms with Gasteiger partial charge in [-0.2, -0.15) is 13.2 Å². The molecule has 0 saturated carbocycles. The summed E-state index contributed by atoms with van der Waals surface area (Å²) < 4.78 is 55.2. The largest absolute Gasteiger partial charge is 0.486 e. The van der Waals surface area contributed by atoms with Gasteiger partial charge in [0, 0.05) is 3.57 Å². The van der Waals surface area contributed by atoms with Crippen LogP contribution in [-0.2, 0) is 12.8 Å². The van der Waals surface area contributed by atoms with Crippen LogP contribution in [0.3, 0.4) is 0 Å². The number of furan rings is 1. The van der Waals surface area contributed by atoms with Gasteiger partial charge in [-0.15, -0.1) is 0 Å². The van der Waals surface area contributed by atoms with Gasteiger partial charge in [-0.05, 0) is 78.9 Å². The lowest BCUT2D eigenvalue weighted by molar-refractivity contribution is -0.153. The van der Waals surface area contributed by atoms with Crippen molar-refractivity contribution >= 4 is 22.6 Å². The van der Waals surface area contributed by atoms with Gasteiger partial charge >= 0.3 is 6.18 Å². The maximum absolute atomic E-state index is 12.6. The van der Waals surface area contributed by atoms with E-state index in [2.05, 4.69) is 27.9 Å². The Morgan fingerprint density at radius 1 is 1.12 bits per heavy atom. The molecule has 1 aliphatic heterocycles. The molecule has 0 bridgehead atoms. The topological polar surface area (TPSA) is 43.6 Å². The highest BCUT2D eigenvalue weighted by molar-refractivity contribution is 14.1. The van der Waals surface area contributed by atoms with Gasteiger partial charge in [0.2, 0.25) is 5.76 Å². The summed E-state index contributed by atoms with van der Waals surface area (Å²) in [5.74, 6) is 0.170. The van der Waals surface area contributed by atoms with Crippen molar-refractivity contribution in [1.29, 1.82) is 0 Å². The van der Waals surface area contributed by atoms with E-state index in [4.69, 9.17) is 13.9 Å². The number of hydrogen-bond donors (Lipinski definition) is 1. The smallest absolute Gasteiger partial charge is 0.449 e. The molecule has 136 valence electrons. The molecular weight excluding hydrogens is 450 g/mol. The molecule has 0 aliphatic carbocycles. The lowest BCUT2D eigenvalue weighted by Crippen LogP contribution is -2.34. The van der Waals surface area contributed by atoms with Gasteiger partial charge in [0.25, 0.3) is 0 Å². The number of rotatable bonds is 5. The number of ether oxygens (including phenoxy) is 2. The van der Waals surface area contributed by atoms with Crippen LogP contribution in [0.2, 0.25) is 0 Å². The van der Waals surface area contributed by atoms with E-state index >= 15 is 0 Å². The monoisotopic (exact) mass is 467 g/mol. The van der Waals surface area contributed by atoms with Crippen molar-refractivity contribution < 1.29 is 27.1 Å². The lowest BCUT2D eigenvalue weighted by Gasteiger charge is -2.25. The van der Waals surface area contributed by atoms with E-state index in [1.807, 2.05) is 12.1 Å². The third kappa shape index (κ3) is 5.04. The SMILES string of the molecule is FC(F)(F)c1ccc(COc2ccc(I)cc2OC2CCNCC2)o1. The van der Waals surface area contributed by atoms with E-state index in [1.54, 1.807) is 6.07 Å². The summed E-state index contributed by atoms with van der Waals surface area (Å²) >= 11 is 2.18. The van der Waals surface area contributed by atoms with Crippen LogP contribution in [0.15, 0.2) is 34.7 Å². The first-order valence-corrected chi connectivity index (χ1v) is 8.95. The van der Waals surface area contributed by atoms with E-state index in [-0.39, 0.29) is 18.5 Å². The van der Waals surface area contributed by atoms with Gasteiger partial charge in [0.15, 0.2) is 11.5 Å². The van der Waals surface area contributed by atoms with Crippen LogP contribution in [0, 0.1) is 3.57 Å². The first kappa shape index (κ1) is 18.4. The van der Waals surface area contributed by atoms with Crippen molar-refractivity contribution in [1.82, 2.24) is 5.32 Å². The van der Waals surface area contributed by atoms with Crippen molar-refractivity contribution in [2.45, 2.75) is 31.7 Å². The average molecular weight is 467 g/mol. The summed E-state index contributed by atoms with van der Waals surface area (Å²) in [6.45, 7) is 1.70. The minimum absolute atomic E-state index is 0.0980. The molecule has 1 fully saturated rings. The van der Waals surface area contributed by atoms with E-state index in [0.29, 0.717) is 11.5 Å². The summed E-state index contributed by atoms with van der Waals surface area (Å²) in [5, 5.41) is 3.27. The molecule has 0 spiro atoms. The van der Waals surface area contributed by atoms with Crippen LogP contribution in [0.4, 0.5) is 13.2 Å². The quantitative estimate of drug-likeness (QED) is 0.653. The molecule has 1 N–H and O–H groups in total. The van der Waals surface area contributed by atoms with Gasteiger partial charge in [0.05, 0.1) is 0 Å². The molecule has 1 aromatic carbocycles. The maximum atomic E-state index is 12.6. The summed E-state index contributed by atoms with van der Waals surface area (Å²) in [6, 6.07) is 7.64. The Morgan fingerprint density at radius 3 is 2.56 bits per heavy atom. The van der Waals surface area contributed by atoms with Gasteiger partial charge < -0.3 is 19.2 Å². The number of piperidine rings is 1. The minimum Gasteiger partial charge on any atom is -0.486 e. The van der Waals surface area contributed by atoms with Crippen LogP contribution >= 0.6 is 22.6 Å². The second-order valence-corrected chi connectivity index (χ2v) is 6.96. The fourth-order valence-corrected chi connectivity index (χ4v) is 3.01. The zero-order valence-corrected chi connectivity index (χ0v) is 15.4. The van der Waals surface area contributed by atoms with Crippen molar-refractivity contribution in [2.75, 3.05) is 13.1 Å². The fraction of sp³-hybridized carbons (Fsp3) is 0.412. The van der Waals surface area contributed by atoms with E-state index in [0.717, 1.165) is 35.6 Å². The molecule has 4 nitrogen and oxygen atoms in total. The first-order chi connectivity index (χ1) is 11.9. The highest BCUT2D eigenvalue weighted by atomic mass is 127. The molecule has 25 heavy (non-hydrogen) atoms. The predicted octanol–water partition coefficient (Wildman–Crippen LogP) is 4.61. The molecular formula is C17H17F3INO3. The second kappa shape index (κ2) is 7.86. The molecule has 1 aliphatic rings. The molecule has 1 aromatic heterocycles. The number of alkyl halides is 3. The summed E-state index contributed by atoms with van der Waals surface area (Å²) in [6.07, 6.45) is -2.59. The summed E-state index contributed by atoms with van der Waals surface area (Å²) in [4.78, 5) is 0. The molecule has 0 unspecified atom stereocenters. The highest BCUT2D eigenvalue weighted by Crippen LogP contribution is 2.33. The minimum atomic E-state index is -4.50. The average Bonchev–Trinajstić information content (AvgIpc) is 3.04. The van der Waals surface area contributed by atoms with Crippen LogP contribution in [0.1, 0.15) is 24.4 Å². The van der Waals surface area contributed by atoms with Crippen molar-refractivity contribution in [3.63, 3.8) is 0 Å². The molecule has 0 radical (unpaired) electrons. The Morgan fingerprint density at radius 2 is 1.88 bits per heavy atom. The summed E-state index contributed by atoms with van der Waals surface area (Å²) in [5.41, 5.74) is 0. The van der Waals surface area contributed by atoms with E-state index in [1.165, 1.54) is 6.07 Å². The Balaban J connectivity index is 1.68. The van der Waals surface area contributed by atoms with Gasteiger partial charge in [-0.1, -0.05) is 0 Å². The number of halogens is 4. The van der Waals surface area contributed by atoms with Crippen LogP contribution in [0.25, 0.3) is 0 Å². The zero-order chi connectivity index (χ0) is 17.9. The molecule has 8 heteroatoms. The van der Waals surface area contributed by atoms with E-state index in [9.17, 15) is 13.2 Å². The van der Waals surface area contributed by atoms with Gasteiger partial charge in [0.1, 0.15) is 18.5 Å².